The van der Waals surface area contributed by atoms with E-state index in [1.807, 2.05) is 50.2 Å². The molecule has 0 bridgehead atoms. The molecule has 3 aromatic rings. The molecule has 3 N–H and O–H groups in total. The number of ether oxygens (including phenoxy) is 1. The zero-order chi connectivity index (χ0) is 29.4. The van der Waals surface area contributed by atoms with Crippen molar-refractivity contribution in [1.29, 1.82) is 0 Å². The minimum absolute atomic E-state index is 0.0231. The second kappa shape index (κ2) is 10.8. The summed E-state index contributed by atoms with van der Waals surface area (Å²) in [4.78, 5) is 41.6. The number of nitrogens with one attached hydrogen (secondary N) is 3. The highest BCUT2D eigenvalue weighted by Gasteiger charge is 2.54. The summed E-state index contributed by atoms with van der Waals surface area (Å²) >= 11 is 0. The lowest BCUT2D eigenvalue weighted by Gasteiger charge is -2.48. The van der Waals surface area contributed by atoms with Gasteiger partial charge in [-0.15, -0.1) is 0 Å². The number of benzene rings is 2. The maximum absolute atomic E-state index is 13.8. The molecule has 2 aliphatic rings. The molecule has 1 aliphatic heterocycles. The number of urea groups is 1. The molecule has 3 amide bonds. The highest BCUT2D eigenvalue weighted by molar-refractivity contribution is 6.83. The normalized spacial score (nSPS) is 17.6. The van der Waals surface area contributed by atoms with Gasteiger partial charge in [-0.3, -0.25) is 9.89 Å². The molecule has 0 radical (unpaired) electrons. The highest BCUT2D eigenvalue weighted by Crippen LogP contribution is 2.56. The molecule has 216 valence electrons. The van der Waals surface area contributed by atoms with Crippen LogP contribution < -0.4 is 10.6 Å². The van der Waals surface area contributed by atoms with Gasteiger partial charge >= 0.3 is 12.0 Å². The molecule has 1 saturated carbocycles. The number of carbonyl (C=O) groups excluding carboxylic acids is 3. The van der Waals surface area contributed by atoms with Gasteiger partial charge in [-0.25, -0.2) is 9.59 Å². The van der Waals surface area contributed by atoms with Gasteiger partial charge in [-0.05, 0) is 44.4 Å². The summed E-state index contributed by atoms with van der Waals surface area (Å²) in [6.07, 6.45) is 2.90. The van der Waals surface area contributed by atoms with E-state index < -0.39 is 25.6 Å². The van der Waals surface area contributed by atoms with Crippen molar-refractivity contribution < 1.29 is 19.1 Å². The molecule has 9 nitrogen and oxygen atoms in total. The number of hydrogen-bond donors (Lipinski definition) is 3. The van der Waals surface area contributed by atoms with E-state index in [4.69, 9.17) is 4.74 Å². The van der Waals surface area contributed by atoms with E-state index in [0.717, 1.165) is 36.1 Å². The standard InChI is InChI=1S/C31H39N5O4Si/c1-30(2)25-23(26(35-34-25)33-28(38)31(17-12-18-31)41(3,4)5)19-36(30)29(39)32-24(21-13-8-6-9-14-21)20-40-27(37)22-15-10-7-11-16-22/h6-11,13-16,24H,12,17-20H2,1-5H3,(H,32,39)(H2,33,34,35,38)/t24-/m1/s1. The Hall–Kier alpha value is -3.92. The number of nitrogens with zero attached hydrogens (tertiary/aromatic N) is 2. The molecule has 1 aromatic heterocycles. The molecule has 1 aliphatic carbocycles. The molecule has 1 atom stereocenters. The van der Waals surface area contributed by atoms with E-state index in [1.165, 1.54) is 0 Å². The number of carbonyl (C=O) groups is 3. The third kappa shape index (κ3) is 5.28. The molecule has 2 aromatic carbocycles. The van der Waals surface area contributed by atoms with Crippen LogP contribution in [0.2, 0.25) is 24.7 Å². The van der Waals surface area contributed by atoms with Crippen LogP contribution in [0.3, 0.4) is 0 Å². The van der Waals surface area contributed by atoms with Gasteiger partial charge in [0.15, 0.2) is 5.82 Å². The van der Waals surface area contributed by atoms with Gasteiger partial charge in [0, 0.05) is 10.6 Å². The first-order valence-corrected chi connectivity index (χ1v) is 17.7. The maximum Gasteiger partial charge on any atom is 0.338 e. The molecule has 2 heterocycles. The predicted molar refractivity (Wildman–Crippen MR) is 160 cm³/mol. The molecule has 0 unspecified atom stereocenters. The number of fused-ring (bicyclic) bond motifs is 1. The fourth-order valence-electron chi connectivity index (χ4n) is 5.97. The molecule has 1 fully saturated rings. The van der Waals surface area contributed by atoms with E-state index in [0.29, 0.717) is 11.4 Å². The van der Waals surface area contributed by atoms with Crippen molar-refractivity contribution in [3.63, 3.8) is 0 Å². The molecule has 0 spiro atoms. The lowest BCUT2D eigenvalue weighted by Crippen LogP contribution is -2.52. The van der Waals surface area contributed by atoms with Gasteiger partial charge in [-0.1, -0.05) is 74.6 Å². The summed E-state index contributed by atoms with van der Waals surface area (Å²) in [6, 6.07) is 17.4. The Kier molecular flexibility index (Phi) is 7.54. The Morgan fingerprint density at radius 2 is 1.66 bits per heavy atom. The number of hydrogen-bond acceptors (Lipinski definition) is 5. The summed E-state index contributed by atoms with van der Waals surface area (Å²) in [5, 5.41) is 13.5. The van der Waals surface area contributed by atoms with Gasteiger partial charge in [0.1, 0.15) is 6.61 Å². The first kappa shape index (κ1) is 28.6. The van der Waals surface area contributed by atoms with Crippen molar-refractivity contribution in [2.45, 2.75) is 75.9 Å². The number of amides is 3. The monoisotopic (exact) mass is 573 g/mol. The molecular weight excluding hydrogens is 534 g/mol. The molecule has 5 rings (SSSR count). The van der Waals surface area contributed by atoms with Crippen molar-refractivity contribution in [2.24, 2.45) is 0 Å². The topological polar surface area (TPSA) is 116 Å². The van der Waals surface area contributed by atoms with Crippen molar-refractivity contribution in [2.75, 3.05) is 11.9 Å². The van der Waals surface area contributed by atoms with Crippen LogP contribution in [0.25, 0.3) is 0 Å². The summed E-state index contributed by atoms with van der Waals surface area (Å²) in [5.41, 5.74) is 2.18. The second-order valence-corrected chi connectivity index (χ2v) is 18.0. The fraction of sp³-hybridized carbons (Fsp3) is 0.419. The molecule has 10 heteroatoms. The van der Waals surface area contributed by atoms with Crippen molar-refractivity contribution >= 4 is 31.8 Å². The average Bonchev–Trinajstić information content (AvgIpc) is 3.43. The fourth-order valence-corrected chi connectivity index (χ4v) is 8.57. The number of aromatic amines is 1. The quantitative estimate of drug-likeness (QED) is 0.227. The third-order valence-corrected chi connectivity index (χ3v) is 12.5. The van der Waals surface area contributed by atoms with Crippen molar-refractivity contribution in [3.05, 3.63) is 83.0 Å². The van der Waals surface area contributed by atoms with E-state index in [2.05, 4.69) is 40.5 Å². The number of aromatic nitrogens is 2. The lowest BCUT2D eigenvalue weighted by atomic mass is 9.83. The Labute approximate surface area is 242 Å². The van der Waals surface area contributed by atoms with E-state index >= 15 is 0 Å². The first-order chi connectivity index (χ1) is 19.4. The highest BCUT2D eigenvalue weighted by atomic mass is 28.3. The van der Waals surface area contributed by atoms with Crippen LogP contribution in [-0.2, 0) is 21.6 Å². The minimum atomic E-state index is -1.75. The van der Waals surface area contributed by atoms with E-state index in [9.17, 15) is 14.4 Å². The number of esters is 1. The minimum Gasteiger partial charge on any atom is -0.460 e. The SMILES string of the molecule is CC1(C)c2[nH]nc(NC(=O)C3([Si](C)(C)C)CCC3)c2CN1C(=O)N[C@H](COC(=O)c1ccccc1)c1ccccc1. The second-order valence-electron chi connectivity index (χ2n) is 12.6. The van der Waals surface area contributed by atoms with Gasteiger partial charge < -0.3 is 20.3 Å². The van der Waals surface area contributed by atoms with Crippen molar-refractivity contribution in [3.8, 4) is 0 Å². The van der Waals surface area contributed by atoms with Gasteiger partial charge in [-0.2, -0.15) is 5.10 Å². The van der Waals surface area contributed by atoms with Crippen LogP contribution in [0, 0.1) is 0 Å². The Bertz CT molecular complexity index is 1430. The van der Waals surface area contributed by atoms with Crippen molar-refractivity contribution in [1.82, 2.24) is 20.4 Å². The van der Waals surface area contributed by atoms with Gasteiger partial charge in [0.05, 0.1) is 37.5 Å². The maximum atomic E-state index is 13.8. The smallest absolute Gasteiger partial charge is 0.338 e. The van der Waals surface area contributed by atoms with Gasteiger partial charge in [0.2, 0.25) is 5.91 Å². The van der Waals surface area contributed by atoms with E-state index in [-0.39, 0.29) is 30.1 Å². The van der Waals surface area contributed by atoms with Crippen LogP contribution in [-0.4, -0.2) is 47.7 Å². The third-order valence-electron chi connectivity index (χ3n) is 8.91. The van der Waals surface area contributed by atoms with Crippen LogP contribution in [0.5, 0.6) is 0 Å². The van der Waals surface area contributed by atoms with Crippen LogP contribution in [0.1, 0.15) is 66.3 Å². The van der Waals surface area contributed by atoms with Crippen LogP contribution >= 0.6 is 0 Å². The zero-order valence-corrected chi connectivity index (χ0v) is 25.4. The number of H-pyrrole nitrogens is 1. The summed E-state index contributed by atoms with van der Waals surface area (Å²) in [5.74, 6) is 0.0860. The summed E-state index contributed by atoms with van der Waals surface area (Å²) < 4.78 is 5.61. The van der Waals surface area contributed by atoms with Gasteiger partial charge in [0.25, 0.3) is 0 Å². The molecule has 41 heavy (non-hydrogen) atoms. The van der Waals surface area contributed by atoms with Crippen LogP contribution in [0.15, 0.2) is 60.7 Å². The Balaban J connectivity index is 1.31. The largest absolute Gasteiger partial charge is 0.460 e. The predicted octanol–water partition coefficient (Wildman–Crippen LogP) is 5.97. The van der Waals surface area contributed by atoms with Crippen LogP contribution in [0.4, 0.5) is 10.6 Å². The Morgan fingerprint density at radius 3 is 2.24 bits per heavy atom. The summed E-state index contributed by atoms with van der Waals surface area (Å²) in [7, 11) is -1.75. The average molecular weight is 574 g/mol. The first-order valence-electron chi connectivity index (χ1n) is 14.2. The zero-order valence-electron chi connectivity index (χ0n) is 24.4. The number of anilines is 1. The molecular formula is C31H39N5O4Si. The Morgan fingerprint density at radius 1 is 1.02 bits per heavy atom. The number of rotatable bonds is 8. The lowest BCUT2D eigenvalue weighted by molar-refractivity contribution is -0.121. The molecule has 0 saturated heterocycles. The van der Waals surface area contributed by atoms with E-state index in [1.54, 1.807) is 29.2 Å². The summed E-state index contributed by atoms with van der Waals surface area (Å²) in [6.45, 7) is 10.9.